The molecule has 6 heteroatoms. The van der Waals surface area contributed by atoms with Crippen LogP contribution in [0.4, 0.5) is 11.4 Å². The fourth-order valence-electron chi connectivity index (χ4n) is 1.89. The molecule has 5 N–H and O–H groups in total. The molecular formula is C16H17N3O3. The van der Waals surface area contributed by atoms with Crippen LogP contribution >= 0.6 is 0 Å². The summed E-state index contributed by atoms with van der Waals surface area (Å²) in [4.78, 5) is 23.1. The van der Waals surface area contributed by atoms with Crippen molar-refractivity contribution >= 4 is 23.2 Å². The van der Waals surface area contributed by atoms with Crippen molar-refractivity contribution in [2.45, 2.75) is 6.42 Å². The van der Waals surface area contributed by atoms with Crippen molar-refractivity contribution in [1.82, 2.24) is 0 Å². The summed E-state index contributed by atoms with van der Waals surface area (Å²) in [7, 11) is 0. The van der Waals surface area contributed by atoms with E-state index in [0.717, 1.165) is 0 Å². The van der Waals surface area contributed by atoms with Gasteiger partial charge in [-0.1, -0.05) is 18.2 Å². The Morgan fingerprint density at radius 3 is 2.59 bits per heavy atom. The second-order valence-corrected chi connectivity index (χ2v) is 4.63. The van der Waals surface area contributed by atoms with Gasteiger partial charge in [0.05, 0.1) is 18.6 Å². The van der Waals surface area contributed by atoms with Crippen molar-refractivity contribution in [2.24, 2.45) is 5.73 Å². The molecule has 0 saturated carbocycles. The number of para-hydroxylation sites is 1. The molecule has 0 spiro atoms. The molecule has 0 heterocycles. The van der Waals surface area contributed by atoms with Crippen LogP contribution in [-0.4, -0.2) is 18.4 Å². The van der Waals surface area contributed by atoms with Crippen LogP contribution in [0.25, 0.3) is 0 Å². The zero-order valence-electron chi connectivity index (χ0n) is 11.9. The quantitative estimate of drug-likeness (QED) is 0.706. The molecule has 114 valence electrons. The molecule has 0 bridgehead atoms. The number of anilines is 2. The molecule has 0 aromatic heterocycles. The highest BCUT2D eigenvalue weighted by Crippen LogP contribution is 2.17. The summed E-state index contributed by atoms with van der Waals surface area (Å²) in [5.41, 5.74) is 12.4. The third kappa shape index (κ3) is 4.24. The van der Waals surface area contributed by atoms with E-state index >= 15 is 0 Å². The normalized spacial score (nSPS) is 10.0. The molecule has 0 unspecified atom stereocenters. The van der Waals surface area contributed by atoms with E-state index in [1.54, 1.807) is 48.5 Å². The minimum absolute atomic E-state index is 0.137. The maximum Gasteiger partial charge on any atom is 0.252 e. The lowest BCUT2D eigenvalue weighted by atomic mass is 10.2. The Kier molecular flexibility index (Phi) is 4.98. The molecule has 2 aromatic carbocycles. The Morgan fingerprint density at radius 2 is 1.86 bits per heavy atom. The number of nitrogens with one attached hydrogen (secondary N) is 1. The lowest BCUT2D eigenvalue weighted by molar-refractivity contribution is -0.116. The van der Waals surface area contributed by atoms with Crippen molar-refractivity contribution in [2.75, 3.05) is 17.7 Å². The first-order valence-corrected chi connectivity index (χ1v) is 6.73. The summed E-state index contributed by atoms with van der Waals surface area (Å²) in [5, 5.41) is 2.72. The van der Waals surface area contributed by atoms with Crippen molar-refractivity contribution in [3.8, 4) is 5.75 Å². The fraction of sp³-hybridized carbons (Fsp3) is 0.125. The van der Waals surface area contributed by atoms with Crippen LogP contribution in [0.1, 0.15) is 16.8 Å². The lowest BCUT2D eigenvalue weighted by Gasteiger charge is -2.10. The molecule has 2 aromatic rings. The predicted octanol–water partition coefficient (Wildman–Crippen LogP) is 1.78. The fourth-order valence-corrected chi connectivity index (χ4v) is 1.89. The first-order valence-electron chi connectivity index (χ1n) is 6.73. The number of hydrogen-bond donors (Lipinski definition) is 3. The van der Waals surface area contributed by atoms with E-state index < -0.39 is 5.91 Å². The van der Waals surface area contributed by atoms with Crippen LogP contribution in [0, 0.1) is 0 Å². The van der Waals surface area contributed by atoms with Crippen LogP contribution < -0.4 is 21.5 Å². The van der Waals surface area contributed by atoms with Crippen molar-refractivity contribution in [1.29, 1.82) is 0 Å². The maximum absolute atomic E-state index is 11.8. The van der Waals surface area contributed by atoms with Gasteiger partial charge in [0.15, 0.2) is 0 Å². The van der Waals surface area contributed by atoms with Gasteiger partial charge in [0, 0.05) is 11.4 Å². The van der Waals surface area contributed by atoms with Crippen molar-refractivity contribution in [3.63, 3.8) is 0 Å². The minimum atomic E-state index is -0.570. The molecule has 2 amide bonds. The second-order valence-electron chi connectivity index (χ2n) is 4.63. The number of ether oxygens (including phenoxy) is 1. The summed E-state index contributed by atoms with van der Waals surface area (Å²) < 4.78 is 5.44. The highest BCUT2D eigenvalue weighted by atomic mass is 16.5. The molecule has 22 heavy (non-hydrogen) atoms. The Labute approximate surface area is 128 Å². The van der Waals surface area contributed by atoms with Gasteiger partial charge < -0.3 is 21.5 Å². The summed E-state index contributed by atoms with van der Waals surface area (Å²) in [6.07, 6.45) is 0.141. The number of rotatable bonds is 6. The van der Waals surface area contributed by atoms with Crippen molar-refractivity contribution in [3.05, 3.63) is 54.1 Å². The van der Waals surface area contributed by atoms with Crippen LogP contribution in [0.2, 0.25) is 0 Å². The third-order valence-electron chi connectivity index (χ3n) is 2.91. The number of amides is 2. The van der Waals surface area contributed by atoms with Gasteiger partial charge >= 0.3 is 0 Å². The number of primary amides is 1. The zero-order chi connectivity index (χ0) is 15.9. The van der Waals surface area contributed by atoms with Crippen LogP contribution in [0.5, 0.6) is 5.75 Å². The van der Waals surface area contributed by atoms with E-state index in [1.165, 1.54) is 0 Å². The molecular weight excluding hydrogens is 282 g/mol. The third-order valence-corrected chi connectivity index (χ3v) is 2.91. The lowest BCUT2D eigenvalue weighted by Crippen LogP contribution is -2.17. The van der Waals surface area contributed by atoms with Crippen LogP contribution in [0.3, 0.4) is 0 Å². The first kappa shape index (κ1) is 15.4. The molecule has 6 nitrogen and oxygen atoms in total. The summed E-state index contributed by atoms with van der Waals surface area (Å²) in [5.74, 6) is -0.409. The topological polar surface area (TPSA) is 107 Å². The Balaban J connectivity index is 1.86. The SMILES string of the molecule is NC(=O)c1ccccc1OCCC(=O)Nc1cccc(N)c1. The minimum Gasteiger partial charge on any atom is -0.492 e. The van der Waals surface area contributed by atoms with Gasteiger partial charge in [-0.15, -0.1) is 0 Å². The maximum atomic E-state index is 11.8. The average molecular weight is 299 g/mol. The number of nitrogen functional groups attached to an aromatic ring is 1. The number of nitrogens with two attached hydrogens (primary N) is 2. The molecule has 0 radical (unpaired) electrons. The highest BCUT2D eigenvalue weighted by Gasteiger charge is 2.09. The van der Waals surface area contributed by atoms with Gasteiger partial charge in [-0.3, -0.25) is 9.59 Å². The smallest absolute Gasteiger partial charge is 0.252 e. The summed E-state index contributed by atoms with van der Waals surface area (Å²) >= 11 is 0. The highest BCUT2D eigenvalue weighted by molar-refractivity contribution is 5.95. The largest absolute Gasteiger partial charge is 0.492 e. The summed E-state index contributed by atoms with van der Waals surface area (Å²) in [6, 6.07) is 13.5. The molecule has 0 saturated heterocycles. The van der Waals surface area contributed by atoms with Gasteiger partial charge in [0.25, 0.3) is 5.91 Å². The molecule has 0 fully saturated rings. The van der Waals surface area contributed by atoms with E-state index in [-0.39, 0.29) is 18.9 Å². The van der Waals surface area contributed by atoms with Gasteiger partial charge in [-0.05, 0) is 30.3 Å². The van der Waals surface area contributed by atoms with Gasteiger partial charge in [0.2, 0.25) is 5.91 Å². The van der Waals surface area contributed by atoms with Crippen LogP contribution in [-0.2, 0) is 4.79 Å². The first-order chi connectivity index (χ1) is 10.6. The van der Waals surface area contributed by atoms with E-state index in [0.29, 0.717) is 22.7 Å². The Morgan fingerprint density at radius 1 is 1.09 bits per heavy atom. The van der Waals surface area contributed by atoms with E-state index in [2.05, 4.69) is 5.32 Å². The molecule has 0 aliphatic heterocycles. The van der Waals surface area contributed by atoms with E-state index in [1.807, 2.05) is 0 Å². The Hall–Kier alpha value is -3.02. The predicted molar refractivity (Wildman–Crippen MR) is 84.6 cm³/mol. The number of hydrogen-bond acceptors (Lipinski definition) is 4. The monoisotopic (exact) mass is 299 g/mol. The molecule has 0 aliphatic carbocycles. The van der Waals surface area contributed by atoms with E-state index in [9.17, 15) is 9.59 Å². The molecule has 0 aliphatic rings. The Bertz CT molecular complexity index is 686. The number of carbonyl (C=O) groups is 2. The molecule has 2 rings (SSSR count). The number of carbonyl (C=O) groups excluding carboxylic acids is 2. The summed E-state index contributed by atoms with van der Waals surface area (Å²) in [6.45, 7) is 0.137. The van der Waals surface area contributed by atoms with Crippen LogP contribution in [0.15, 0.2) is 48.5 Å². The van der Waals surface area contributed by atoms with Crippen molar-refractivity contribution < 1.29 is 14.3 Å². The molecule has 0 atom stereocenters. The zero-order valence-corrected chi connectivity index (χ0v) is 11.9. The van der Waals surface area contributed by atoms with Gasteiger partial charge in [0.1, 0.15) is 5.75 Å². The van der Waals surface area contributed by atoms with Gasteiger partial charge in [-0.2, -0.15) is 0 Å². The number of benzene rings is 2. The standard InChI is InChI=1S/C16H17N3O3/c17-11-4-3-5-12(10-11)19-15(20)8-9-22-14-7-2-1-6-13(14)16(18)21/h1-7,10H,8-9,17H2,(H2,18,21)(H,19,20). The van der Waals surface area contributed by atoms with E-state index in [4.69, 9.17) is 16.2 Å². The average Bonchev–Trinajstić information content (AvgIpc) is 2.47. The van der Waals surface area contributed by atoms with Gasteiger partial charge in [-0.25, -0.2) is 0 Å². The second kappa shape index (κ2) is 7.12.